The first-order valence-electron chi connectivity index (χ1n) is 9.46. The van der Waals surface area contributed by atoms with E-state index in [1.165, 1.54) is 11.1 Å². The maximum absolute atomic E-state index is 12.5. The molecule has 1 amide bonds. The predicted octanol–water partition coefficient (Wildman–Crippen LogP) is 3.04. The van der Waals surface area contributed by atoms with E-state index in [0.29, 0.717) is 6.54 Å². The first kappa shape index (κ1) is 18.3. The lowest BCUT2D eigenvalue weighted by molar-refractivity contribution is 0.0949. The number of H-pyrrole nitrogens is 1. The topological polar surface area (TPSA) is 81.2 Å². The molecule has 0 radical (unpaired) electrons. The second-order valence-electron chi connectivity index (χ2n) is 7.40. The number of fused-ring (bicyclic) bond motifs is 3. The average Bonchev–Trinajstić information content (AvgIpc) is 3.24. The summed E-state index contributed by atoms with van der Waals surface area (Å²) in [5.41, 5.74) is 6.53. The van der Waals surface area contributed by atoms with Crippen LogP contribution in [-0.4, -0.2) is 53.3 Å². The maximum Gasteiger partial charge on any atom is 0.255 e. The molecule has 28 heavy (non-hydrogen) atoms. The van der Waals surface area contributed by atoms with Crippen molar-refractivity contribution in [1.29, 1.82) is 0 Å². The molecule has 0 saturated heterocycles. The smallest absolute Gasteiger partial charge is 0.255 e. The van der Waals surface area contributed by atoms with Crippen LogP contribution in [0.5, 0.6) is 5.75 Å². The lowest BCUT2D eigenvalue weighted by Crippen LogP contribution is -2.27. The van der Waals surface area contributed by atoms with Gasteiger partial charge >= 0.3 is 0 Å². The summed E-state index contributed by atoms with van der Waals surface area (Å²) in [6, 6.07) is 13.4. The van der Waals surface area contributed by atoms with E-state index in [9.17, 15) is 9.90 Å². The second kappa shape index (κ2) is 7.48. The fourth-order valence-electron chi connectivity index (χ4n) is 3.67. The number of aromatic nitrogens is 2. The van der Waals surface area contributed by atoms with Crippen molar-refractivity contribution in [3.63, 3.8) is 0 Å². The normalized spacial score (nSPS) is 12.1. The highest BCUT2D eigenvalue weighted by Gasteiger charge is 2.25. The number of aromatic hydroxyl groups is 1. The average molecular weight is 376 g/mol. The van der Waals surface area contributed by atoms with Gasteiger partial charge in [0.05, 0.1) is 17.0 Å². The monoisotopic (exact) mass is 376 g/mol. The van der Waals surface area contributed by atoms with Crippen LogP contribution in [-0.2, 0) is 6.42 Å². The van der Waals surface area contributed by atoms with E-state index in [1.54, 1.807) is 18.2 Å². The van der Waals surface area contributed by atoms with Crippen LogP contribution >= 0.6 is 0 Å². The van der Waals surface area contributed by atoms with Gasteiger partial charge in [0.1, 0.15) is 5.75 Å². The van der Waals surface area contributed by atoms with Gasteiger partial charge in [0.15, 0.2) is 0 Å². The highest BCUT2D eigenvalue weighted by Crippen LogP contribution is 2.40. The first-order valence-corrected chi connectivity index (χ1v) is 9.46. The Kier molecular flexibility index (Phi) is 4.88. The van der Waals surface area contributed by atoms with Crippen molar-refractivity contribution in [3.8, 4) is 28.3 Å². The van der Waals surface area contributed by atoms with Crippen molar-refractivity contribution < 1.29 is 9.90 Å². The molecule has 3 N–H and O–H groups in total. The Morgan fingerprint density at radius 3 is 2.89 bits per heavy atom. The lowest BCUT2D eigenvalue weighted by Gasteiger charge is -2.11. The van der Waals surface area contributed by atoms with Gasteiger partial charge in [0.2, 0.25) is 0 Å². The van der Waals surface area contributed by atoms with Gasteiger partial charge in [-0.1, -0.05) is 24.3 Å². The molecular weight excluding hydrogens is 352 g/mol. The molecule has 1 aromatic heterocycles. The zero-order chi connectivity index (χ0) is 19.7. The van der Waals surface area contributed by atoms with Crippen molar-refractivity contribution >= 4 is 5.91 Å². The van der Waals surface area contributed by atoms with Crippen LogP contribution in [0.2, 0.25) is 0 Å². The van der Waals surface area contributed by atoms with Gasteiger partial charge in [-0.2, -0.15) is 5.10 Å². The van der Waals surface area contributed by atoms with Crippen molar-refractivity contribution in [2.45, 2.75) is 12.8 Å². The van der Waals surface area contributed by atoms with Crippen LogP contribution < -0.4 is 5.32 Å². The molecule has 1 heterocycles. The number of phenolic OH excluding ortho intramolecular Hbond substituents is 1. The minimum absolute atomic E-state index is 0.0238. The summed E-state index contributed by atoms with van der Waals surface area (Å²) in [4.78, 5) is 14.6. The summed E-state index contributed by atoms with van der Waals surface area (Å²) >= 11 is 0. The fraction of sp³-hybridized carbons (Fsp3) is 0.273. The van der Waals surface area contributed by atoms with Crippen LogP contribution in [0, 0.1) is 0 Å². The van der Waals surface area contributed by atoms with E-state index < -0.39 is 0 Å². The molecule has 0 fully saturated rings. The number of nitrogens with zero attached hydrogens (tertiary/aromatic N) is 2. The fourth-order valence-corrected chi connectivity index (χ4v) is 3.67. The van der Waals surface area contributed by atoms with Crippen molar-refractivity contribution in [2.75, 3.05) is 27.2 Å². The van der Waals surface area contributed by atoms with E-state index in [2.05, 4.69) is 32.5 Å². The molecule has 2 aromatic carbocycles. The molecule has 0 aliphatic heterocycles. The zero-order valence-electron chi connectivity index (χ0n) is 16.1. The Hall–Kier alpha value is -3.12. The van der Waals surface area contributed by atoms with Crippen LogP contribution in [0.15, 0.2) is 42.5 Å². The van der Waals surface area contributed by atoms with Crippen LogP contribution in [0.4, 0.5) is 0 Å². The molecule has 0 spiro atoms. The van der Waals surface area contributed by atoms with Gasteiger partial charge in [0.25, 0.3) is 5.91 Å². The third kappa shape index (κ3) is 3.39. The first-order chi connectivity index (χ1) is 13.5. The van der Waals surface area contributed by atoms with Gasteiger partial charge in [-0.15, -0.1) is 0 Å². The van der Waals surface area contributed by atoms with Crippen molar-refractivity contribution in [3.05, 3.63) is 59.2 Å². The number of benzene rings is 2. The number of carbonyl (C=O) groups is 1. The Balaban J connectivity index is 1.57. The Morgan fingerprint density at radius 2 is 2.07 bits per heavy atom. The summed E-state index contributed by atoms with van der Waals surface area (Å²) in [7, 11) is 4.00. The van der Waals surface area contributed by atoms with E-state index in [-0.39, 0.29) is 17.2 Å². The maximum atomic E-state index is 12.5. The summed E-state index contributed by atoms with van der Waals surface area (Å²) in [5.74, 6) is -0.294. The number of hydrogen-bond donors (Lipinski definition) is 3. The number of nitrogens with one attached hydrogen (secondary N) is 2. The minimum atomic E-state index is -0.270. The van der Waals surface area contributed by atoms with Gasteiger partial charge in [-0.3, -0.25) is 9.89 Å². The quantitative estimate of drug-likeness (QED) is 0.452. The van der Waals surface area contributed by atoms with Gasteiger partial charge < -0.3 is 15.3 Å². The number of hydrogen-bond acceptors (Lipinski definition) is 4. The Morgan fingerprint density at radius 1 is 1.25 bits per heavy atom. The van der Waals surface area contributed by atoms with E-state index in [1.807, 2.05) is 26.2 Å². The Bertz CT molecular complexity index is 1020. The largest absolute Gasteiger partial charge is 0.507 e. The van der Waals surface area contributed by atoms with Crippen LogP contribution in [0.3, 0.4) is 0 Å². The third-order valence-corrected chi connectivity index (χ3v) is 5.10. The molecule has 0 bridgehead atoms. The standard InChI is InChI=1S/C22H24N4O2/c1-26(2)11-5-10-23-22(28)17-13-15(8-9-19(17)27)20-18-12-14-6-3-4-7-16(14)21(18)25-24-20/h3-4,6-9,13,27H,5,10-12H2,1-2H3,(H,23,28)(H,24,25). The number of phenols is 1. The molecule has 1 aliphatic rings. The van der Waals surface area contributed by atoms with E-state index >= 15 is 0 Å². The molecule has 0 saturated carbocycles. The SMILES string of the molecule is CN(C)CCCNC(=O)c1cc(-c2n[nH]c3c2Cc2ccccc2-3)ccc1O. The van der Waals surface area contributed by atoms with Crippen molar-refractivity contribution in [1.82, 2.24) is 20.4 Å². The lowest BCUT2D eigenvalue weighted by atomic mass is 10.0. The molecule has 0 unspecified atom stereocenters. The number of aromatic amines is 1. The summed E-state index contributed by atoms with van der Waals surface area (Å²) < 4.78 is 0. The summed E-state index contributed by atoms with van der Waals surface area (Å²) in [6.07, 6.45) is 1.66. The highest BCUT2D eigenvalue weighted by atomic mass is 16.3. The van der Waals surface area contributed by atoms with Crippen molar-refractivity contribution in [2.24, 2.45) is 0 Å². The van der Waals surface area contributed by atoms with Gasteiger partial charge in [-0.05, 0) is 50.8 Å². The molecule has 4 rings (SSSR count). The molecular formula is C22H24N4O2. The second-order valence-corrected chi connectivity index (χ2v) is 7.40. The van der Waals surface area contributed by atoms with Gasteiger partial charge in [-0.25, -0.2) is 0 Å². The van der Waals surface area contributed by atoms with Gasteiger partial charge in [0, 0.05) is 29.7 Å². The van der Waals surface area contributed by atoms with E-state index in [4.69, 9.17) is 0 Å². The number of rotatable bonds is 6. The number of carbonyl (C=O) groups excluding carboxylic acids is 1. The minimum Gasteiger partial charge on any atom is -0.507 e. The molecule has 0 atom stereocenters. The van der Waals surface area contributed by atoms with Crippen LogP contribution in [0.1, 0.15) is 27.9 Å². The van der Waals surface area contributed by atoms with E-state index in [0.717, 1.165) is 41.9 Å². The molecule has 6 heteroatoms. The highest BCUT2D eigenvalue weighted by molar-refractivity contribution is 5.98. The summed E-state index contributed by atoms with van der Waals surface area (Å²) in [6.45, 7) is 1.46. The third-order valence-electron chi connectivity index (χ3n) is 5.10. The molecule has 3 aromatic rings. The predicted molar refractivity (Wildman–Crippen MR) is 109 cm³/mol. The van der Waals surface area contributed by atoms with Crippen LogP contribution in [0.25, 0.3) is 22.5 Å². The molecule has 6 nitrogen and oxygen atoms in total. The molecule has 1 aliphatic carbocycles. The molecule has 144 valence electrons. The summed E-state index contributed by atoms with van der Waals surface area (Å²) in [5, 5.41) is 20.7. The Labute approximate surface area is 164 Å². The zero-order valence-corrected chi connectivity index (χ0v) is 16.1. The number of amides is 1.